The van der Waals surface area contributed by atoms with Crippen LogP contribution >= 0.6 is 11.8 Å². The highest BCUT2D eigenvalue weighted by Gasteiger charge is 2.20. The highest BCUT2D eigenvalue weighted by Crippen LogP contribution is 2.24. The molecule has 1 aliphatic heterocycles. The third-order valence-corrected chi connectivity index (χ3v) is 6.28. The average molecular weight is 424 g/mol. The lowest BCUT2D eigenvalue weighted by atomic mass is 10.1. The number of carbonyl (C=O) groups is 1. The second kappa shape index (κ2) is 9.45. The largest absolute Gasteiger partial charge is 0.376 e. The van der Waals surface area contributed by atoms with E-state index in [2.05, 4.69) is 5.32 Å². The van der Waals surface area contributed by atoms with Gasteiger partial charge >= 0.3 is 0 Å². The molecule has 1 amide bonds. The van der Waals surface area contributed by atoms with Gasteiger partial charge in [0.1, 0.15) is 0 Å². The summed E-state index contributed by atoms with van der Waals surface area (Å²) in [4.78, 5) is 30.4. The molecule has 0 aliphatic carbocycles. The maximum atomic E-state index is 13.3. The van der Waals surface area contributed by atoms with E-state index in [-0.39, 0.29) is 29.4 Å². The van der Waals surface area contributed by atoms with Crippen molar-refractivity contribution in [2.75, 3.05) is 18.9 Å². The van der Waals surface area contributed by atoms with Crippen molar-refractivity contribution in [3.8, 4) is 0 Å². The van der Waals surface area contributed by atoms with Gasteiger partial charge in [0.2, 0.25) is 5.91 Å². The van der Waals surface area contributed by atoms with Crippen LogP contribution in [0.3, 0.4) is 0 Å². The Hall–Kier alpha value is -2.64. The Morgan fingerprint density at radius 2 is 2.00 bits per heavy atom. The first kappa shape index (κ1) is 20.6. The van der Waals surface area contributed by atoms with Crippen molar-refractivity contribution in [2.45, 2.75) is 37.1 Å². The monoisotopic (exact) mass is 423 g/mol. The fourth-order valence-corrected chi connectivity index (χ4v) is 4.57. The summed E-state index contributed by atoms with van der Waals surface area (Å²) in [6.45, 7) is 3.27. The molecule has 0 radical (unpaired) electrons. The van der Waals surface area contributed by atoms with Crippen LogP contribution in [0.2, 0.25) is 0 Å². The normalized spacial score (nSPS) is 17.2. The summed E-state index contributed by atoms with van der Waals surface area (Å²) in [5.41, 5.74) is 1.56. The minimum absolute atomic E-state index is 0.0863. The number of carbonyl (C=O) groups excluding carboxylic acids is 1. The molecule has 1 N–H and O–H groups in total. The second-order valence-corrected chi connectivity index (χ2v) is 8.34. The van der Waals surface area contributed by atoms with Crippen molar-refractivity contribution in [2.24, 2.45) is 0 Å². The molecule has 0 saturated carbocycles. The van der Waals surface area contributed by atoms with Crippen molar-refractivity contribution >= 4 is 28.6 Å². The molecular formula is C23H25N3O3S. The van der Waals surface area contributed by atoms with E-state index >= 15 is 0 Å². The standard InChI is InChI=1S/C23H25N3O3S/c1-16(17-8-3-2-4-9-17)26-22(28)19-11-5-6-12-20(19)25-23(26)30-15-21(27)24-14-18-10-7-13-29-18/h2-6,8-9,11-12,16,18H,7,10,13-15H2,1H3,(H,24,27)/t16-,18+/m0/s1. The third kappa shape index (κ3) is 4.57. The Kier molecular flexibility index (Phi) is 6.50. The number of para-hydroxylation sites is 1. The number of benzene rings is 2. The van der Waals surface area contributed by atoms with E-state index in [9.17, 15) is 9.59 Å². The molecule has 7 heteroatoms. The van der Waals surface area contributed by atoms with Crippen molar-refractivity contribution in [3.05, 3.63) is 70.5 Å². The predicted molar refractivity (Wildman–Crippen MR) is 119 cm³/mol. The summed E-state index contributed by atoms with van der Waals surface area (Å²) >= 11 is 1.29. The average Bonchev–Trinajstić information content (AvgIpc) is 3.30. The number of ether oxygens (including phenoxy) is 1. The van der Waals surface area contributed by atoms with Gasteiger partial charge in [0, 0.05) is 13.2 Å². The van der Waals surface area contributed by atoms with Crippen LogP contribution in [0.4, 0.5) is 0 Å². The molecule has 0 bridgehead atoms. The topological polar surface area (TPSA) is 73.2 Å². The Balaban J connectivity index is 1.59. The summed E-state index contributed by atoms with van der Waals surface area (Å²) < 4.78 is 7.24. The highest BCUT2D eigenvalue weighted by atomic mass is 32.2. The van der Waals surface area contributed by atoms with Crippen molar-refractivity contribution in [3.63, 3.8) is 0 Å². The van der Waals surface area contributed by atoms with Crippen LogP contribution < -0.4 is 10.9 Å². The highest BCUT2D eigenvalue weighted by molar-refractivity contribution is 7.99. The summed E-state index contributed by atoms with van der Waals surface area (Å²) in [6.07, 6.45) is 2.13. The Bertz CT molecular complexity index is 1080. The summed E-state index contributed by atoms with van der Waals surface area (Å²) in [7, 11) is 0. The van der Waals surface area contributed by atoms with E-state index < -0.39 is 0 Å². The number of fused-ring (bicyclic) bond motifs is 1. The third-order valence-electron chi connectivity index (χ3n) is 5.33. The smallest absolute Gasteiger partial charge is 0.262 e. The van der Waals surface area contributed by atoms with Crippen molar-refractivity contribution < 1.29 is 9.53 Å². The van der Waals surface area contributed by atoms with Crippen LogP contribution in [-0.2, 0) is 9.53 Å². The maximum absolute atomic E-state index is 13.3. The molecule has 3 aromatic rings. The fraction of sp³-hybridized carbons (Fsp3) is 0.348. The van der Waals surface area contributed by atoms with E-state index in [1.807, 2.05) is 55.5 Å². The van der Waals surface area contributed by atoms with Gasteiger partial charge in [-0.1, -0.05) is 54.2 Å². The van der Waals surface area contributed by atoms with Gasteiger partial charge in [0.15, 0.2) is 5.16 Å². The molecular weight excluding hydrogens is 398 g/mol. The number of nitrogens with one attached hydrogen (secondary N) is 1. The van der Waals surface area contributed by atoms with Gasteiger partial charge in [-0.15, -0.1) is 0 Å². The van der Waals surface area contributed by atoms with Crippen molar-refractivity contribution in [1.82, 2.24) is 14.9 Å². The number of nitrogens with zero attached hydrogens (tertiary/aromatic N) is 2. The zero-order chi connectivity index (χ0) is 20.9. The van der Waals surface area contributed by atoms with Crippen LogP contribution in [-0.4, -0.2) is 40.5 Å². The summed E-state index contributed by atoms with van der Waals surface area (Å²) in [5.74, 6) is 0.107. The molecule has 1 fully saturated rings. The Morgan fingerprint density at radius 3 is 2.77 bits per heavy atom. The number of aromatic nitrogens is 2. The molecule has 1 saturated heterocycles. The van der Waals surface area contributed by atoms with Crippen LogP contribution in [0.25, 0.3) is 10.9 Å². The Morgan fingerprint density at radius 1 is 1.23 bits per heavy atom. The molecule has 6 nitrogen and oxygen atoms in total. The molecule has 2 atom stereocenters. The molecule has 0 unspecified atom stereocenters. The van der Waals surface area contributed by atoms with E-state index in [4.69, 9.17) is 9.72 Å². The van der Waals surface area contributed by atoms with E-state index in [0.29, 0.717) is 22.6 Å². The summed E-state index contributed by atoms with van der Waals surface area (Å²) in [6, 6.07) is 17.0. The van der Waals surface area contributed by atoms with Crippen LogP contribution in [0.5, 0.6) is 0 Å². The lowest BCUT2D eigenvalue weighted by molar-refractivity contribution is -0.119. The zero-order valence-electron chi connectivity index (χ0n) is 16.9. The molecule has 2 heterocycles. The molecule has 0 spiro atoms. The first-order valence-corrected chi connectivity index (χ1v) is 11.2. The molecule has 1 aliphatic rings. The molecule has 1 aromatic heterocycles. The summed E-state index contributed by atoms with van der Waals surface area (Å²) in [5, 5.41) is 4.05. The minimum atomic E-state index is -0.201. The van der Waals surface area contributed by atoms with Crippen LogP contribution in [0.1, 0.15) is 31.4 Å². The lowest BCUT2D eigenvalue weighted by Gasteiger charge is -2.20. The van der Waals surface area contributed by atoms with Gasteiger partial charge < -0.3 is 10.1 Å². The molecule has 156 valence electrons. The maximum Gasteiger partial charge on any atom is 0.262 e. The number of amides is 1. The van der Waals surface area contributed by atoms with Crippen molar-refractivity contribution in [1.29, 1.82) is 0 Å². The van der Waals surface area contributed by atoms with Gasteiger partial charge in [0.25, 0.3) is 5.56 Å². The fourth-order valence-electron chi connectivity index (χ4n) is 3.66. The second-order valence-electron chi connectivity index (χ2n) is 7.40. The molecule has 4 rings (SSSR count). The van der Waals surface area contributed by atoms with E-state index in [0.717, 1.165) is 25.0 Å². The quantitative estimate of drug-likeness (QED) is 0.466. The van der Waals surface area contributed by atoms with Gasteiger partial charge in [-0.3, -0.25) is 14.2 Å². The zero-order valence-corrected chi connectivity index (χ0v) is 17.7. The molecule has 30 heavy (non-hydrogen) atoms. The first-order chi connectivity index (χ1) is 14.6. The SMILES string of the molecule is C[C@@H](c1ccccc1)n1c(SCC(=O)NC[C@H]2CCCO2)nc2ccccc2c1=O. The number of hydrogen-bond donors (Lipinski definition) is 1. The molecule has 2 aromatic carbocycles. The predicted octanol–water partition coefficient (Wildman–Crippen LogP) is 3.39. The minimum Gasteiger partial charge on any atom is -0.376 e. The number of rotatable bonds is 7. The number of thioether (sulfide) groups is 1. The van der Waals surface area contributed by atoms with Crippen LogP contribution in [0.15, 0.2) is 64.5 Å². The van der Waals surface area contributed by atoms with Gasteiger partial charge in [-0.05, 0) is 37.5 Å². The van der Waals surface area contributed by atoms with Gasteiger partial charge in [0.05, 0.1) is 28.8 Å². The first-order valence-electron chi connectivity index (χ1n) is 10.2. The lowest BCUT2D eigenvalue weighted by Crippen LogP contribution is -2.33. The Labute approximate surface area is 179 Å². The van der Waals surface area contributed by atoms with Gasteiger partial charge in [-0.2, -0.15) is 0 Å². The van der Waals surface area contributed by atoms with E-state index in [1.54, 1.807) is 10.6 Å². The van der Waals surface area contributed by atoms with E-state index in [1.165, 1.54) is 11.8 Å². The van der Waals surface area contributed by atoms with Crippen LogP contribution in [0, 0.1) is 0 Å². The number of hydrogen-bond acceptors (Lipinski definition) is 5. The van der Waals surface area contributed by atoms with Gasteiger partial charge in [-0.25, -0.2) is 4.98 Å².